The molecule has 0 heterocycles. The molecule has 8 nitrogen and oxygen atoms in total. The number of amides is 2. The Balaban J connectivity index is 2.43. The number of hydrogen-bond acceptors (Lipinski definition) is 5. The zero-order chi connectivity index (χ0) is 28.0. The highest BCUT2D eigenvalue weighted by molar-refractivity contribution is 7.92. The first-order valence-electron chi connectivity index (χ1n) is 11.5. The van der Waals surface area contributed by atoms with Gasteiger partial charge in [0.15, 0.2) is 0 Å². The van der Waals surface area contributed by atoms with Gasteiger partial charge in [0.05, 0.1) is 24.6 Å². The Labute approximate surface area is 215 Å². The number of carbonyl (C=O) groups is 2. The number of anilines is 1. The molecule has 2 rings (SSSR count). The predicted octanol–water partition coefficient (Wildman–Crippen LogP) is 3.81. The maximum absolute atomic E-state index is 13.5. The first kappa shape index (κ1) is 29.9. The number of hydrogen-bond donors (Lipinski definition) is 1. The van der Waals surface area contributed by atoms with Crippen molar-refractivity contribution >= 4 is 27.5 Å². The molecule has 12 heteroatoms. The van der Waals surface area contributed by atoms with Crippen molar-refractivity contribution in [1.82, 2.24) is 10.2 Å². The summed E-state index contributed by atoms with van der Waals surface area (Å²) in [5, 5.41) is 2.80. The molecule has 0 aliphatic rings. The molecule has 2 aromatic rings. The second-order valence-electron chi connectivity index (χ2n) is 8.68. The molecule has 0 aromatic heterocycles. The van der Waals surface area contributed by atoms with Crippen molar-refractivity contribution in [3.8, 4) is 5.75 Å². The monoisotopic (exact) mass is 543 g/mol. The third-order valence-corrected chi connectivity index (χ3v) is 6.96. The zero-order valence-electron chi connectivity index (χ0n) is 21.4. The summed E-state index contributed by atoms with van der Waals surface area (Å²) in [5.74, 6) is -0.622. The SMILES string of the molecule is CC[C@@H](C)NC(=O)[C@@H](C)N(Cc1ccc(OC)cc1)C(=O)CN(c1cccc(C(F)(F)F)c1)S(C)(=O)=O. The van der Waals surface area contributed by atoms with Crippen LogP contribution in [0.2, 0.25) is 0 Å². The molecule has 37 heavy (non-hydrogen) atoms. The number of rotatable bonds is 11. The van der Waals surface area contributed by atoms with Gasteiger partial charge in [-0.05, 0) is 56.2 Å². The summed E-state index contributed by atoms with van der Waals surface area (Å²) in [6.45, 7) is 4.36. The Morgan fingerprint density at radius 1 is 1.08 bits per heavy atom. The number of sulfonamides is 1. The van der Waals surface area contributed by atoms with Crippen LogP contribution in [-0.2, 0) is 32.3 Å². The van der Waals surface area contributed by atoms with E-state index in [9.17, 15) is 31.2 Å². The summed E-state index contributed by atoms with van der Waals surface area (Å²) in [6, 6.07) is 9.30. The lowest BCUT2D eigenvalue weighted by atomic mass is 10.1. The highest BCUT2D eigenvalue weighted by Gasteiger charge is 2.33. The minimum atomic E-state index is -4.70. The number of carbonyl (C=O) groups excluding carboxylic acids is 2. The van der Waals surface area contributed by atoms with Gasteiger partial charge in [-0.25, -0.2) is 8.42 Å². The van der Waals surface area contributed by atoms with Crippen molar-refractivity contribution in [2.45, 2.75) is 52.0 Å². The average Bonchev–Trinajstić information content (AvgIpc) is 2.84. The zero-order valence-corrected chi connectivity index (χ0v) is 22.2. The van der Waals surface area contributed by atoms with E-state index < -0.39 is 46.2 Å². The van der Waals surface area contributed by atoms with E-state index in [4.69, 9.17) is 4.74 Å². The lowest BCUT2D eigenvalue weighted by Gasteiger charge is -2.32. The molecule has 0 unspecified atom stereocenters. The van der Waals surface area contributed by atoms with E-state index in [2.05, 4.69) is 5.32 Å². The summed E-state index contributed by atoms with van der Waals surface area (Å²) < 4.78 is 70.6. The summed E-state index contributed by atoms with van der Waals surface area (Å²) >= 11 is 0. The molecule has 0 aliphatic heterocycles. The Kier molecular flexibility index (Phi) is 9.96. The minimum absolute atomic E-state index is 0.0435. The number of benzene rings is 2. The van der Waals surface area contributed by atoms with Crippen molar-refractivity contribution in [2.24, 2.45) is 0 Å². The Bertz CT molecular complexity index is 1190. The molecule has 0 spiro atoms. The fourth-order valence-electron chi connectivity index (χ4n) is 3.43. The van der Waals surface area contributed by atoms with E-state index in [1.165, 1.54) is 25.0 Å². The fraction of sp³-hybridized carbons (Fsp3) is 0.440. The molecule has 1 N–H and O–H groups in total. The van der Waals surface area contributed by atoms with E-state index >= 15 is 0 Å². The average molecular weight is 544 g/mol. The molecule has 0 fully saturated rings. The smallest absolute Gasteiger partial charge is 0.416 e. The molecule has 2 atom stereocenters. The van der Waals surface area contributed by atoms with Gasteiger partial charge in [-0.2, -0.15) is 13.2 Å². The number of ether oxygens (including phenoxy) is 1. The maximum Gasteiger partial charge on any atom is 0.416 e. The van der Waals surface area contributed by atoms with Gasteiger partial charge in [0, 0.05) is 12.6 Å². The third kappa shape index (κ3) is 8.38. The van der Waals surface area contributed by atoms with Crippen LogP contribution in [0.4, 0.5) is 18.9 Å². The van der Waals surface area contributed by atoms with Gasteiger partial charge in [-0.1, -0.05) is 25.1 Å². The standard InChI is InChI=1S/C25H32F3N3O5S/c1-6-17(2)29-24(33)18(3)30(15-19-10-12-22(36-4)13-11-19)23(32)16-31(37(5,34)35)21-9-7-8-20(14-21)25(26,27)28/h7-14,17-18H,6,15-16H2,1-5H3,(H,29,33)/t17-,18-/m1/s1. The summed E-state index contributed by atoms with van der Waals surface area (Å²) in [5.41, 5.74) is -0.725. The van der Waals surface area contributed by atoms with Crippen molar-refractivity contribution in [1.29, 1.82) is 0 Å². The van der Waals surface area contributed by atoms with Gasteiger partial charge in [0.2, 0.25) is 21.8 Å². The number of halogens is 3. The second-order valence-corrected chi connectivity index (χ2v) is 10.6. The van der Waals surface area contributed by atoms with Crippen LogP contribution < -0.4 is 14.4 Å². The topological polar surface area (TPSA) is 96.0 Å². The fourth-order valence-corrected chi connectivity index (χ4v) is 4.27. The molecule has 204 valence electrons. The first-order valence-corrected chi connectivity index (χ1v) is 13.4. The molecule has 0 radical (unpaired) electrons. The lowest BCUT2D eigenvalue weighted by Crippen LogP contribution is -2.52. The van der Waals surface area contributed by atoms with Crippen LogP contribution in [0.25, 0.3) is 0 Å². The Hall–Kier alpha value is -3.28. The number of nitrogens with one attached hydrogen (secondary N) is 1. The number of alkyl halides is 3. The van der Waals surface area contributed by atoms with Gasteiger partial charge >= 0.3 is 6.18 Å². The Morgan fingerprint density at radius 3 is 2.22 bits per heavy atom. The molecular formula is C25H32F3N3O5S. The molecule has 0 saturated carbocycles. The minimum Gasteiger partial charge on any atom is -0.497 e. The van der Waals surface area contributed by atoms with Gasteiger partial charge in [-0.15, -0.1) is 0 Å². The van der Waals surface area contributed by atoms with Gasteiger partial charge < -0.3 is 15.0 Å². The van der Waals surface area contributed by atoms with Gasteiger partial charge in [0.1, 0.15) is 18.3 Å². The van der Waals surface area contributed by atoms with E-state index in [0.717, 1.165) is 18.4 Å². The molecule has 0 saturated heterocycles. The third-order valence-electron chi connectivity index (χ3n) is 5.82. The van der Waals surface area contributed by atoms with Crippen LogP contribution in [0, 0.1) is 0 Å². The second kappa shape index (κ2) is 12.3. The van der Waals surface area contributed by atoms with E-state index in [1.807, 2.05) is 6.92 Å². The van der Waals surface area contributed by atoms with Gasteiger partial charge in [0.25, 0.3) is 0 Å². The largest absolute Gasteiger partial charge is 0.497 e. The van der Waals surface area contributed by atoms with E-state index in [1.54, 1.807) is 31.2 Å². The summed E-state index contributed by atoms with van der Waals surface area (Å²) in [6.07, 6.45) is -3.25. The number of nitrogens with zero attached hydrogens (tertiary/aromatic N) is 2. The number of methoxy groups -OCH3 is 1. The summed E-state index contributed by atoms with van der Waals surface area (Å²) in [4.78, 5) is 27.6. The van der Waals surface area contributed by atoms with Crippen LogP contribution in [0.1, 0.15) is 38.3 Å². The highest BCUT2D eigenvalue weighted by Crippen LogP contribution is 2.32. The molecule has 0 aliphatic carbocycles. The summed E-state index contributed by atoms with van der Waals surface area (Å²) in [7, 11) is -2.66. The van der Waals surface area contributed by atoms with Crippen molar-refractivity contribution < 1.29 is 35.9 Å². The van der Waals surface area contributed by atoms with Crippen molar-refractivity contribution in [3.63, 3.8) is 0 Å². The maximum atomic E-state index is 13.5. The van der Waals surface area contributed by atoms with E-state index in [-0.39, 0.29) is 18.3 Å². The first-order chi connectivity index (χ1) is 17.2. The van der Waals surface area contributed by atoms with Crippen LogP contribution in [0.5, 0.6) is 5.75 Å². The molecule has 2 amide bonds. The highest BCUT2D eigenvalue weighted by atomic mass is 32.2. The van der Waals surface area contributed by atoms with Crippen LogP contribution in [0.3, 0.4) is 0 Å². The lowest BCUT2D eigenvalue weighted by molar-refractivity contribution is -0.139. The van der Waals surface area contributed by atoms with Crippen LogP contribution >= 0.6 is 0 Å². The molecule has 0 bridgehead atoms. The van der Waals surface area contributed by atoms with Crippen LogP contribution in [-0.4, -0.2) is 57.1 Å². The molecular weight excluding hydrogens is 511 g/mol. The van der Waals surface area contributed by atoms with Crippen LogP contribution in [0.15, 0.2) is 48.5 Å². The van der Waals surface area contributed by atoms with Crippen molar-refractivity contribution in [3.05, 3.63) is 59.7 Å². The van der Waals surface area contributed by atoms with Crippen molar-refractivity contribution in [2.75, 3.05) is 24.2 Å². The quantitative estimate of drug-likeness (QED) is 0.465. The van der Waals surface area contributed by atoms with E-state index in [0.29, 0.717) is 28.1 Å². The normalized spacial score (nSPS) is 13.4. The molecule has 2 aromatic carbocycles. The predicted molar refractivity (Wildman–Crippen MR) is 135 cm³/mol. The Morgan fingerprint density at radius 2 is 1.70 bits per heavy atom. The van der Waals surface area contributed by atoms with Gasteiger partial charge in [-0.3, -0.25) is 13.9 Å².